The van der Waals surface area contributed by atoms with E-state index in [0.717, 1.165) is 6.42 Å². The van der Waals surface area contributed by atoms with E-state index >= 15 is 0 Å². The van der Waals surface area contributed by atoms with Crippen LogP contribution in [0.25, 0.3) is 0 Å². The van der Waals surface area contributed by atoms with Gasteiger partial charge in [0.25, 0.3) is 0 Å². The van der Waals surface area contributed by atoms with Gasteiger partial charge in [-0.3, -0.25) is 6.08 Å². The van der Waals surface area contributed by atoms with Crippen LogP contribution in [0.1, 0.15) is 7.85 Å². The summed E-state index contributed by atoms with van der Waals surface area (Å²) < 4.78 is 0. The molecular formula is C5H8Cl2Zr-2. The van der Waals surface area contributed by atoms with Crippen LogP contribution in [-0.4, -0.2) is 0 Å². The molecule has 8 heavy (non-hydrogen) atoms. The number of rotatable bonds is 0. The molecule has 1 aliphatic rings. The van der Waals surface area contributed by atoms with Gasteiger partial charge in [-0.1, -0.05) is 0 Å². The van der Waals surface area contributed by atoms with Gasteiger partial charge in [-0.05, 0) is 0 Å². The molecule has 3 heteroatoms. The van der Waals surface area contributed by atoms with Gasteiger partial charge in [-0.25, -0.2) is 12.2 Å². The van der Waals surface area contributed by atoms with Crippen LogP contribution in [0.15, 0.2) is 18.2 Å². The number of hydrogen-bond donors (Lipinski definition) is 0. The van der Waals surface area contributed by atoms with E-state index in [1.165, 1.54) is 0 Å². The molecule has 0 N–H and O–H groups in total. The van der Waals surface area contributed by atoms with E-state index in [1.807, 2.05) is 12.2 Å². The maximum Gasteiger partial charge on any atom is 0 e. The molecule has 0 nitrogen and oxygen atoms in total. The molecule has 1 aliphatic carbocycles. The van der Waals surface area contributed by atoms with E-state index in [9.17, 15) is 0 Å². The summed E-state index contributed by atoms with van der Waals surface area (Å²) in [7, 11) is 0. The monoisotopic (exact) mass is 228 g/mol. The van der Waals surface area contributed by atoms with Crippen LogP contribution < -0.4 is 0 Å². The Bertz CT molecular complexity index is 73.0. The van der Waals surface area contributed by atoms with Crippen molar-refractivity contribution in [2.75, 3.05) is 0 Å². The minimum absolute atomic E-state index is 0. The molecule has 48 valence electrons. The molecule has 0 aromatic carbocycles. The first-order chi connectivity index (χ1) is 2.50. The van der Waals surface area contributed by atoms with Crippen molar-refractivity contribution >= 4 is 24.8 Å². The Morgan fingerprint density at radius 2 is 2.00 bits per heavy atom. The second-order valence-electron chi connectivity index (χ2n) is 1.00. The summed E-state index contributed by atoms with van der Waals surface area (Å²) in [4.78, 5) is 0. The Morgan fingerprint density at radius 1 is 1.38 bits per heavy atom. The molecule has 1 rings (SSSR count). The van der Waals surface area contributed by atoms with Crippen molar-refractivity contribution in [3.05, 3.63) is 24.3 Å². The van der Waals surface area contributed by atoms with Gasteiger partial charge < -0.3 is 1.43 Å². The Labute approximate surface area is 82.9 Å². The van der Waals surface area contributed by atoms with Crippen LogP contribution in [-0.2, 0) is 26.2 Å². The van der Waals surface area contributed by atoms with E-state index < -0.39 is 0 Å². The summed E-state index contributed by atoms with van der Waals surface area (Å²) in [6, 6.07) is 0. The zero-order valence-electron chi connectivity index (χ0n) is 5.26. The molecule has 0 unspecified atom stereocenters. The van der Waals surface area contributed by atoms with Gasteiger partial charge in [0.05, 0.1) is 0 Å². The fraction of sp³-hybridized carbons (Fsp3) is 0.200. The van der Waals surface area contributed by atoms with Crippen LogP contribution >= 0.6 is 24.8 Å². The quantitative estimate of drug-likeness (QED) is 0.560. The molecule has 0 radical (unpaired) electrons. The molecule has 0 heterocycles. The fourth-order valence-corrected chi connectivity index (χ4v) is 0.340. The first-order valence-electron chi connectivity index (χ1n) is 1.72. The molecule has 0 amide bonds. The number of halogens is 2. The summed E-state index contributed by atoms with van der Waals surface area (Å²) in [5.41, 5.74) is 0. The Balaban J connectivity index is -0.0000000312. The largest absolute Gasteiger partial charge is 1.00 e. The van der Waals surface area contributed by atoms with E-state index in [2.05, 4.69) is 12.2 Å². The topological polar surface area (TPSA) is 0 Å². The molecule has 0 saturated heterocycles. The first kappa shape index (κ1) is 16.0. The van der Waals surface area contributed by atoms with Crippen LogP contribution in [0, 0.1) is 6.08 Å². The summed E-state index contributed by atoms with van der Waals surface area (Å²) in [5, 5.41) is 0. The molecule has 0 saturated carbocycles. The Kier molecular flexibility index (Phi) is 21.6. The van der Waals surface area contributed by atoms with E-state index in [-0.39, 0.29) is 52.4 Å². The number of allylic oxidation sites excluding steroid dienone is 4. The smallest absolute Gasteiger partial charge is 0 e. The fourth-order valence-electron chi connectivity index (χ4n) is 0.340. The van der Waals surface area contributed by atoms with E-state index in [1.54, 1.807) is 0 Å². The van der Waals surface area contributed by atoms with Crippen molar-refractivity contribution in [1.29, 1.82) is 0 Å². The van der Waals surface area contributed by atoms with Gasteiger partial charge in [0.15, 0.2) is 0 Å². The van der Waals surface area contributed by atoms with Crippen molar-refractivity contribution in [2.24, 2.45) is 0 Å². The van der Waals surface area contributed by atoms with Crippen LogP contribution in [0.4, 0.5) is 0 Å². The molecular weight excluding hydrogens is 222 g/mol. The first-order valence-corrected chi connectivity index (χ1v) is 1.72. The Morgan fingerprint density at radius 3 is 2.12 bits per heavy atom. The summed E-state index contributed by atoms with van der Waals surface area (Å²) in [5.74, 6) is 0. The molecule has 0 aromatic heterocycles. The molecule has 0 fully saturated rings. The molecule has 0 atom stereocenters. The third-order valence-electron chi connectivity index (χ3n) is 0.586. The average molecular weight is 230 g/mol. The zero-order chi connectivity index (χ0) is 3.54. The SMILES string of the molecule is Cl.Cl.[C-]1=CC=CC1.[H-].[Zr]. The van der Waals surface area contributed by atoms with Crippen LogP contribution in [0.3, 0.4) is 0 Å². The van der Waals surface area contributed by atoms with Crippen molar-refractivity contribution in [3.8, 4) is 0 Å². The Hall–Kier alpha value is 0.943. The van der Waals surface area contributed by atoms with Crippen LogP contribution in [0.5, 0.6) is 0 Å². The van der Waals surface area contributed by atoms with Crippen molar-refractivity contribution in [1.82, 2.24) is 0 Å². The van der Waals surface area contributed by atoms with Gasteiger partial charge in [0.2, 0.25) is 0 Å². The summed E-state index contributed by atoms with van der Waals surface area (Å²) >= 11 is 0. The van der Waals surface area contributed by atoms with Gasteiger partial charge >= 0.3 is 0 Å². The van der Waals surface area contributed by atoms with Crippen LogP contribution in [0.2, 0.25) is 0 Å². The standard InChI is InChI=1S/C5H5.2ClH.Zr.H/c1-2-4-5-3-1;;;;/h1-3H,4H2;2*1H;;/q-1;;;;-1. The van der Waals surface area contributed by atoms with Crippen molar-refractivity contribution in [2.45, 2.75) is 6.42 Å². The molecule has 0 aromatic rings. The second-order valence-corrected chi connectivity index (χ2v) is 1.00. The van der Waals surface area contributed by atoms with Gasteiger partial charge in [-0.2, -0.15) is 6.08 Å². The van der Waals surface area contributed by atoms with E-state index in [4.69, 9.17) is 0 Å². The third kappa shape index (κ3) is 6.94. The minimum Gasteiger partial charge on any atom is -1.00 e. The maximum absolute atomic E-state index is 2.99. The van der Waals surface area contributed by atoms with Crippen molar-refractivity contribution < 1.29 is 27.6 Å². The summed E-state index contributed by atoms with van der Waals surface area (Å²) in [6.07, 6.45) is 10.0. The summed E-state index contributed by atoms with van der Waals surface area (Å²) in [6.45, 7) is 0. The zero-order valence-corrected chi connectivity index (χ0v) is 8.35. The predicted molar refractivity (Wildman–Crippen MR) is 37.2 cm³/mol. The van der Waals surface area contributed by atoms with Gasteiger partial charge in [-0.15, -0.1) is 31.2 Å². The molecule has 0 spiro atoms. The maximum atomic E-state index is 2.99. The average Bonchev–Trinajstić information content (AvgIpc) is 1.76. The van der Waals surface area contributed by atoms with Crippen molar-refractivity contribution in [3.63, 3.8) is 0 Å². The van der Waals surface area contributed by atoms with Gasteiger partial charge in [0, 0.05) is 26.2 Å². The third-order valence-corrected chi connectivity index (χ3v) is 0.586. The minimum atomic E-state index is 0. The van der Waals surface area contributed by atoms with E-state index in [0.29, 0.717) is 0 Å². The van der Waals surface area contributed by atoms with Gasteiger partial charge in [0.1, 0.15) is 0 Å². The normalized spacial score (nSPS) is 11.0. The number of hydrogen-bond acceptors (Lipinski definition) is 0. The molecule has 0 bridgehead atoms. The second kappa shape index (κ2) is 10.8. The predicted octanol–water partition coefficient (Wildman–Crippen LogP) is 2.26. The molecule has 0 aliphatic heterocycles.